The Labute approximate surface area is 197 Å². The molecular weight excluding hydrogens is 434 g/mol. The zero-order chi connectivity index (χ0) is 24.6. The van der Waals surface area contributed by atoms with E-state index in [9.17, 15) is 14.4 Å². The van der Waals surface area contributed by atoms with Crippen molar-refractivity contribution in [3.05, 3.63) is 44.4 Å². The molecule has 1 fully saturated rings. The van der Waals surface area contributed by atoms with Gasteiger partial charge < -0.3 is 10.6 Å². The Hall–Kier alpha value is -3.43. The minimum absolute atomic E-state index is 0.00523. The van der Waals surface area contributed by atoms with Gasteiger partial charge in [-0.25, -0.2) is 14.5 Å². The number of aromatic nitrogens is 5. The van der Waals surface area contributed by atoms with Gasteiger partial charge in [0, 0.05) is 30.7 Å². The van der Waals surface area contributed by atoms with Gasteiger partial charge in [-0.15, -0.1) is 0 Å². The lowest BCUT2D eigenvalue weighted by Crippen LogP contribution is -2.41. The van der Waals surface area contributed by atoms with Gasteiger partial charge in [0.25, 0.3) is 11.5 Å². The fraction of sp³-hybridized carbons (Fsp3) is 0.542. The summed E-state index contributed by atoms with van der Waals surface area (Å²) >= 11 is 0. The highest BCUT2D eigenvalue weighted by Gasteiger charge is 2.31. The maximum atomic E-state index is 14.1. The molecule has 3 heterocycles. The molecule has 0 saturated heterocycles. The normalized spacial score (nSPS) is 13.7. The maximum absolute atomic E-state index is 14.1. The SMILES string of the molecule is CCCCN(C(=O)c1cc(C2CC2)nc2c1cnn2C(C)C)c1c(N)n(CCC)c(=O)[nH]c1=O. The molecule has 10 heteroatoms. The van der Waals surface area contributed by atoms with Crippen LogP contribution >= 0.6 is 0 Å². The number of aromatic amines is 1. The fourth-order valence-corrected chi connectivity index (χ4v) is 4.24. The number of anilines is 2. The fourth-order valence-electron chi connectivity index (χ4n) is 4.24. The van der Waals surface area contributed by atoms with Gasteiger partial charge in [0.05, 0.1) is 17.1 Å². The molecule has 1 saturated carbocycles. The molecule has 0 spiro atoms. The maximum Gasteiger partial charge on any atom is 0.330 e. The molecule has 0 atom stereocenters. The number of nitrogens with two attached hydrogens (primary N) is 1. The van der Waals surface area contributed by atoms with Crippen LogP contribution < -0.4 is 21.9 Å². The van der Waals surface area contributed by atoms with E-state index in [1.165, 1.54) is 9.47 Å². The van der Waals surface area contributed by atoms with E-state index >= 15 is 0 Å². The van der Waals surface area contributed by atoms with Crippen LogP contribution in [0.15, 0.2) is 21.9 Å². The van der Waals surface area contributed by atoms with Gasteiger partial charge in [-0.3, -0.25) is 19.1 Å². The van der Waals surface area contributed by atoms with Crippen LogP contribution in [0.4, 0.5) is 11.5 Å². The van der Waals surface area contributed by atoms with E-state index in [-0.39, 0.29) is 23.5 Å². The van der Waals surface area contributed by atoms with Crippen LogP contribution in [0.25, 0.3) is 11.0 Å². The first-order valence-electron chi connectivity index (χ1n) is 12.1. The van der Waals surface area contributed by atoms with Gasteiger partial charge >= 0.3 is 5.69 Å². The van der Waals surface area contributed by atoms with E-state index in [1.807, 2.05) is 38.4 Å². The number of pyridine rings is 1. The van der Waals surface area contributed by atoms with Crippen LogP contribution in [0.5, 0.6) is 0 Å². The molecule has 10 nitrogen and oxygen atoms in total. The molecule has 0 unspecified atom stereocenters. The number of amides is 1. The Morgan fingerprint density at radius 2 is 2.00 bits per heavy atom. The average molecular weight is 468 g/mol. The summed E-state index contributed by atoms with van der Waals surface area (Å²) in [5.74, 6) is -0.00826. The van der Waals surface area contributed by atoms with Crippen molar-refractivity contribution in [2.45, 2.75) is 78.3 Å². The summed E-state index contributed by atoms with van der Waals surface area (Å²) in [5.41, 5.74) is 7.08. The van der Waals surface area contributed by atoms with Gasteiger partial charge in [0.15, 0.2) is 11.3 Å². The largest absolute Gasteiger partial charge is 0.383 e. The molecule has 1 amide bonds. The summed E-state index contributed by atoms with van der Waals surface area (Å²) in [4.78, 5) is 47.9. The molecule has 4 rings (SSSR count). The quantitative estimate of drug-likeness (QED) is 0.497. The van der Waals surface area contributed by atoms with Crippen molar-refractivity contribution in [2.75, 3.05) is 17.2 Å². The van der Waals surface area contributed by atoms with Crippen LogP contribution in [0, 0.1) is 0 Å². The second-order valence-electron chi connectivity index (χ2n) is 9.24. The smallest absolute Gasteiger partial charge is 0.330 e. The van der Waals surface area contributed by atoms with Crippen molar-refractivity contribution in [2.24, 2.45) is 0 Å². The van der Waals surface area contributed by atoms with E-state index in [2.05, 4.69) is 10.1 Å². The highest BCUT2D eigenvalue weighted by Crippen LogP contribution is 2.40. The third-order valence-corrected chi connectivity index (χ3v) is 6.21. The average Bonchev–Trinajstić information content (AvgIpc) is 3.56. The second-order valence-corrected chi connectivity index (χ2v) is 9.24. The van der Waals surface area contributed by atoms with Gasteiger partial charge in [-0.05, 0) is 45.6 Å². The number of H-pyrrole nitrogens is 1. The number of carbonyl (C=O) groups excluding carboxylic acids is 1. The number of nitrogens with one attached hydrogen (secondary N) is 1. The Morgan fingerprint density at radius 3 is 2.62 bits per heavy atom. The molecule has 0 radical (unpaired) electrons. The van der Waals surface area contributed by atoms with Crippen LogP contribution in [0.2, 0.25) is 0 Å². The lowest BCUT2D eigenvalue weighted by Gasteiger charge is -2.25. The lowest BCUT2D eigenvalue weighted by molar-refractivity contribution is 0.0987. The Kier molecular flexibility index (Phi) is 6.58. The molecule has 3 aromatic heterocycles. The van der Waals surface area contributed by atoms with Crippen molar-refractivity contribution in [1.29, 1.82) is 0 Å². The van der Waals surface area contributed by atoms with Gasteiger partial charge in [-0.2, -0.15) is 5.10 Å². The molecule has 34 heavy (non-hydrogen) atoms. The number of fused-ring (bicyclic) bond motifs is 1. The number of hydrogen-bond donors (Lipinski definition) is 2. The van der Waals surface area contributed by atoms with E-state index in [1.54, 1.807) is 6.20 Å². The first-order valence-corrected chi connectivity index (χ1v) is 12.1. The van der Waals surface area contributed by atoms with Crippen molar-refractivity contribution in [3.8, 4) is 0 Å². The van der Waals surface area contributed by atoms with Crippen molar-refractivity contribution in [1.82, 2.24) is 24.3 Å². The van der Waals surface area contributed by atoms with E-state index in [0.29, 0.717) is 48.4 Å². The Morgan fingerprint density at radius 1 is 1.26 bits per heavy atom. The highest BCUT2D eigenvalue weighted by atomic mass is 16.2. The predicted octanol–water partition coefficient (Wildman–Crippen LogP) is 3.18. The summed E-state index contributed by atoms with van der Waals surface area (Å²) in [6.45, 7) is 8.60. The summed E-state index contributed by atoms with van der Waals surface area (Å²) in [5, 5.41) is 5.12. The van der Waals surface area contributed by atoms with Crippen molar-refractivity contribution >= 4 is 28.4 Å². The third kappa shape index (κ3) is 4.24. The minimum Gasteiger partial charge on any atom is -0.383 e. The molecule has 0 aromatic carbocycles. The zero-order valence-corrected chi connectivity index (χ0v) is 20.3. The first kappa shape index (κ1) is 23.7. The summed E-state index contributed by atoms with van der Waals surface area (Å²) in [6, 6.07) is 1.91. The number of carbonyl (C=O) groups is 1. The van der Waals surface area contributed by atoms with Gasteiger partial charge in [0.2, 0.25) is 0 Å². The van der Waals surface area contributed by atoms with Gasteiger partial charge in [-0.1, -0.05) is 20.3 Å². The standard InChI is InChI=1S/C24H33N7O3/c1-5-7-11-29(19-20(25)30(10-6-2)24(34)28-22(19)32)23(33)16-12-18(15-8-9-15)27-21-17(16)13-26-31(21)14(3)4/h12-15H,5-11,25H2,1-4H3,(H,28,32,34). The van der Waals surface area contributed by atoms with E-state index in [4.69, 9.17) is 10.7 Å². The van der Waals surface area contributed by atoms with Crippen LogP contribution in [0.1, 0.15) is 87.8 Å². The Bertz CT molecular complexity index is 1330. The van der Waals surface area contributed by atoms with Crippen molar-refractivity contribution < 1.29 is 4.79 Å². The summed E-state index contributed by atoms with van der Waals surface area (Å²) in [6.07, 6.45) is 5.89. The summed E-state index contributed by atoms with van der Waals surface area (Å²) in [7, 11) is 0. The molecule has 3 N–H and O–H groups in total. The third-order valence-electron chi connectivity index (χ3n) is 6.21. The Balaban J connectivity index is 1.91. The zero-order valence-electron chi connectivity index (χ0n) is 20.3. The minimum atomic E-state index is -0.662. The first-order chi connectivity index (χ1) is 16.3. The number of nitrogens with zero attached hydrogens (tertiary/aromatic N) is 5. The monoisotopic (exact) mass is 467 g/mol. The van der Waals surface area contributed by atoms with E-state index in [0.717, 1.165) is 25.0 Å². The molecular formula is C24H33N7O3. The molecule has 1 aliphatic carbocycles. The van der Waals surface area contributed by atoms with Crippen LogP contribution in [-0.4, -0.2) is 36.8 Å². The summed E-state index contributed by atoms with van der Waals surface area (Å²) < 4.78 is 3.13. The van der Waals surface area contributed by atoms with Crippen LogP contribution in [0.3, 0.4) is 0 Å². The number of nitrogen functional groups attached to an aromatic ring is 1. The number of rotatable bonds is 9. The van der Waals surface area contributed by atoms with E-state index < -0.39 is 11.2 Å². The lowest BCUT2D eigenvalue weighted by atomic mass is 10.1. The van der Waals surface area contributed by atoms with Crippen molar-refractivity contribution in [3.63, 3.8) is 0 Å². The molecule has 1 aliphatic rings. The van der Waals surface area contributed by atoms with Gasteiger partial charge in [0.1, 0.15) is 5.82 Å². The van der Waals surface area contributed by atoms with Crippen LogP contribution in [-0.2, 0) is 6.54 Å². The molecule has 3 aromatic rings. The second kappa shape index (κ2) is 9.44. The number of unbranched alkanes of at least 4 members (excludes halogenated alkanes) is 1. The molecule has 0 bridgehead atoms. The topological polar surface area (TPSA) is 132 Å². The molecule has 0 aliphatic heterocycles. The molecule has 182 valence electrons. The predicted molar refractivity (Wildman–Crippen MR) is 132 cm³/mol. The highest BCUT2D eigenvalue weighted by molar-refractivity contribution is 6.14. The number of hydrogen-bond acceptors (Lipinski definition) is 6.